The second-order valence-electron chi connectivity index (χ2n) is 6.20. The summed E-state index contributed by atoms with van der Waals surface area (Å²) in [5, 5.41) is 0. The Morgan fingerprint density at radius 2 is 1.48 bits per heavy atom. The lowest BCUT2D eigenvalue weighted by atomic mass is 10.1. The first-order valence-corrected chi connectivity index (χ1v) is 8.08. The van der Waals surface area contributed by atoms with Crippen LogP contribution in [0.4, 0.5) is 0 Å². The third kappa shape index (κ3) is 4.59. The van der Waals surface area contributed by atoms with Crippen LogP contribution in [-0.2, 0) is 6.61 Å². The van der Waals surface area contributed by atoms with E-state index >= 15 is 0 Å². The fourth-order valence-corrected chi connectivity index (χ4v) is 2.64. The van der Waals surface area contributed by atoms with E-state index in [1.54, 1.807) is 0 Å². The van der Waals surface area contributed by atoms with Crippen LogP contribution in [0.1, 0.15) is 43.6 Å². The minimum atomic E-state index is 0.0746. The number of benzene rings is 2. The first kappa shape index (κ1) is 17.1. The number of nitrogens with zero attached hydrogens (tertiary/aromatic N) is 1. The maximum Gasteiger partial charge on any atom is 0.254 e. The molecule has 1 amide bonds. The van der Waals surface area contributed by atoms with Crippen molar-refractivity contribution in [1.82, 2.24) is 4.90 Å². The molecule has 0 radical (unpaired) electrons. The molecule has 0 N–H and O–H groups in total. The van der Waals surface area contributed by atoms with Crippen LogP contribution < -0.4 is 4.74 Å². The highest BCUT2D eigenvalue weighted by molar-refractivity contribution is 5.94. The Balaban J connectivity index is 2.02. The highest BCUT2D eigenvalue weighted by Gasteiger charge is 2.21. The topological polar surface area (TPSA) is 29.5 Å². The molecule has 0 aliphatic carbocycles. The normalized spacial score (nSPS) is 10.9. The number of rotatable bonds is 6. The second-order valence-corrected chi connectivity index (χ2v) is 6.20. The van der Waals surface area contributed by atoms with Crippen molar-refractivity contribution in [3.05, 3.63) is 65.7 Å². The molecule has 0 atom stereocenters. The van der Waals surface area contributed by atoms with Gasteiger partial charge in [-0.05, 0) is 57.5 Å². The fraction of sp³-hybridized carbons (Fsp3) is 0.350. The SMILES string of the molecule is CC(C)N(C(=O)c1ccc(COc2ccccc2)cc1)C(C)C. The molecule has 2 rings (SSSR count). The first-order chi connectivity index (χ1) is 11.0. The number of hydrogen-bond acceptors (Lipinski definition) is 2. The minimum Gasteiger partial charge on any atom is -0.489 e. The van der Waals surface area contributed by atoms with Gasteiger partial charge in [-0.25, -0.2) is 0 Å². The number of carbonyl (C=O) groups is 1. The van der Waals surface area contributed by atoms with Crippen LogP contribution in [0, 0.1) is 0 Å². The van der Waals surface area contributed by atoms with Crippen LogP contribution in [-0.4, -0.2) is 22.9 Å². The highest BCUT2D eigenvalue weighted by atomic mass is 16.5. The van der Waals surface area contributed by atoms with Gasteiger partial charge in [0.1, 0.15) is 12.4 Å². The maximum atomic E-state index is 12.6. The zero-order valence-electron chi connectivity index (χ0n) is 14.3. The molecular weight excluding hydrogens is 286 g/mol. The van der Waals surface area contributed by atoms with Gasteiger partial charge in [0.25, 0.3) is 5.91 Å². The number of para-hydroxylation sites is 1. The Bertz CT molecular complexity index is 610. The molecule has 23 heavy (non-hydrogen) atoms. The Kier molecular flexibility index (Phi) is 5.80. The van der Waals surface area contributed by atoms with Gasteiger partial charge in [-0.2, -0.15) is 0 Å². The largest absolute Gasteiger partial charge is 0.489 e. The smallest absolute Gasteiger partial charge is 0.254 e. The molecule has 122 valence electrons. The highest BCUT2D eigenvalue weighted by Crippen LogP contribution is 2.15. The summed E-state index contributed by atoms with van der Waals surface area (Å²) < 4.78 is 5.72. The molecule has 2 aromatic carbocycles. The molecule has 3 heteroatoms. The summed E-state index contributed by atoms with van der Waals surface area (Å²) in [4.78, 5) is 14.5. The van der Waals surface area contributed by atoms with Crippen LogP contribution in [0.3, 0.4) is 0 Å². The summed E-state index contributed by atoms with van der Waals surface area (Å²) in [6, 6.07) is 17.8. The molecule has 0 bridgehead atoms. The van der Waals surface area contributed by atoms with E-state index in [0.717, 1.165) is 16.9 Å². The Labute approximate surface area is 138 Å². The second kappa shape index (κ2) is 7.82. The van der Waals surface area contributed by atoms with Crippen molar-refractivity contribution in [3.8, 4) is 5.75 Å². The van der Waals surface area contributed by atoms with Gasteiger partial charge in [0, 0.05) is 17.6 Å². The van der Waals surface area contributed by atoms with E-state index in [9.17, 15) is 4.79 Å². The van der Waals surface area contributed by atoms with Crippen molar-refractivity contribution in [2.24, 2.45) is 0 Å². The predicted molar refractivity (Wildman–Crippen MR) is 93.7 cm³/mol. The van der Waals surface area contributed by atoms with Crippen LogP contribution in [0.25, 0.3) is 0 Å². The molecule has 0 aliphatic rings. The summed E-state index contributed by atoms with van der Waals surface area (Å²) in [6.07, 6.45) is 0. The summed E-state index contributed by atoms with van der Waals surface area (Å²) in [7, 11) is 0. The average molecular weight is 311 g/mol. The lowest BCUT2D eigenvalue weighted by Gasteiger charge is -2.30. The van der Waals surface area contributed by atoms with Gasteiger partial charge < -0.3 is 9.64 Å². The molecule has 0 aromatic heterocycles. The van der Waals surface area contributed by atoms with Crippen LogP contribution in [0.2, 0.25) is 0 Å². The van der Waals surface area contributed by atoms with E-state index in [1.165, 1.54) is 0 Å². The van der Waals surface area contributed by atoms with Crippen molar-refractivity contribution in [2.75, 3.05) is 0 Å². The van der Waals surface area contributed by atoms with Crippen molar-refractivity contribution >= 4 is 5.91 Å². The molecule has 0 saturated heterocycles. The molecule has 0 spiro atoms. The Morgan fingerprint density at radius 1 is 0.913 bits per heavy atom. The standard InChI is InChI=1S/C20H25NO2/c1-15(2)21(16(3)4)20(22)18-12-10-17(11-13-18)14-23-19-8-6-5-7-9-19/h5-13,15-16H,14H2,1-4H3. The molecule has 0 heterocycles. The van der Waals surface area contributed by atoms with Gasteiger partial charge in [-0.1, -0.05) is 30.3 Å². The molecule has 0 aliphatic heterocycles. The fourth-order valence-electron chi connectivity index (χ4n) is 2.64. The average Bonchev–Trinajstić information content (AvgIpc) is 2.53. The van der Waals surface area contributed by atoms with Crippen molar-refractivity contribution in [1.29, 1.82) is 0 Å². The van der Waals surface area contributed by atoms with Gasteiger partial charge in [0.05, 0.1) is 0 Å². The molecular formula is C20H25NO2. The van der Waals surface area contributed by atoms with E-state index in [2.05, 4.69) is 0 Å². The third-order valence-electron chi connectivity index (χ3n) is 3.70. The summed E-state index contributed by atoms with van der Waals surface area (Å²) in [6.45, 7) is 8.66. The van der Waals surface area contributed by atoms with E-state index in [0.29, 0.717) is 6.61 Å². The Hall–Kier alpha value is -2.29. The summed E-state index contributed by atoms with van der Waals surface area (Å²) >= 11 is 0. The zero-order chi connectivity index (χ0) is 16.8. The molecule has 2 aromatic rings. The predicted octanol–water partition coefficient (Wildman–Crippen LogP) is 4.52. The lowest BCUT2D eigenvalue weighted by molar-refractivity contribution is 0.0643. The van der Waals surface area contributed by atoms with Crippen LogP contribution in [0.5, 0.6) is 5.75 Å². The molecule has 0 unspecified atom stereocenters. The zero-order valence-corrected chi connectivity index (χ0v) is 14.3. The number of carbonyl (C=O) groups excluding carboxylic acids is 1. The summed E-state index contributed by atoms with van der Waals surface area (Å²) in [5.41, 5.74) is 1.77. The van der Waals surface area contributed by atoms with Crippen LogP contribution in [0.15, 0.2) is 54.6 Å². The monoisotopic (exact) mass is 311 g/mol. The van der Waals surface area contributed by atoms with Gasteiger partial charge >= 0.3 is 0 Å². The van der Waals surface area contributed by atoms with Crippen molar-refractivity contribution in [2.45, 2.75) is 46.4 Å². The maximum absolute atomic E-state index is 12.6. The van der Waals surface area contributed by atoms with Gasteiger partial charge in [-0.15, -0.1) is 0 Å². The lowest BCUT2D eigenvalue weighted by Crippen LogP contribution is -2.42. The number of amides is 1. The quantitative estimate of drug-likeness (QED) is 0.784. The number of ether oxygens (including phenoxy) is 1. The molecule has 3 nitrogen and oxygen atoms in total. The Morgan fingerprint density at radius 3 is 2.00 bits per heavy atom. The van der Waals surface area contributed by atoms with Crippen molar-refractivity contribution < 1.29 is 9.53 Å². The van der Waals surface area contributed by atoms with Crippen molar-refractivity contribution in [3.63, 3.8) is 0 Å². The third-order valence-corrected chi connectivity index (χ3v) is 3.70. The number of hydrogen-bond donors (Lipinski definition) is 0. The van der Waals surface area contributed by atoms with Crippen LogP contribution >= 0.6 is 0 Å². The molecule has 0 fully saturated rings. The summed E-state index contributed by atoms with van der Waals surface area (Å²) in [5.74, 6) is 0.920. The van der Waals surface area contributed by atoms with E-state index in [4.69, 9.17) is 4.74 Å². The van der Waals surface area contributed by atoms with E-state index in [1.807, 2.05) is 87.2 Å². The minimum absolute atomic E-state index is 0.0746. The van der Waals surface area contributed by atoms with E-state index < -0.39 is 0 Å². The molecule has 0 saturated carbocycles. The first-order valence-electron chi connectivity index (χ1n) is 8.08. The van der Waals surface area contributed by atoms with Gasteiger partial charge in [-0.3, -0.25) is 4.79 Å². The van der Waals surface area contributed by atoms with Gasteiger partial charge in [0.2, 0.25) is 0 Å². The van der Waals surface area contributed by atoms with Gasteiger partial charge in [0.15, 0.2) is 0 Å². The van der Waals surface area contributed by atoms with E-state index in [-0.39, 0.29) is 18.0 Å².